The van der Waals surface area contributed by atoms with Crippen molar-refractivity contribution in [2.24, 2.45) is 5.73 Å². The molecule has 4 heteroatoms. The van der Waals surface area contributed by atoms with Crippen molar-refractivity contribution >= 4 is 5.91 Å². The van der Waals surface area contributed by atoms with E-state index in [4.69, 9.17) is 5.73 Å². The van der Waals surface area contributed by atoms with Crippen LogP contribution in [0.25, 0.3) is 0 Å². The average molecular weight is 351 g/mol. The van der Waals surface area contributed by atoms with E-state index in [0.717, 1.165) is 26.2 Å². The third-order valence-corrected chi connectivity index (χ3v) is 5.23. The molecule has 0 saturated carbocycles. The molecule has 138 valence electrons. The van der Waals surface area contributed by atoms with Crippen molar-refractivity contribution in [3.05, 3.63) is 71.3 Å². The van der Waals surface area contributed by atoms with Crippen molar-refractivity contribution in [1.82, 2.24) is 9.80 Å². The van der Waals surface area contributed by atoms with Gasteiger partial charge in [-0.1, -0.05) is 55.8 Å². The van der Waals surface area contributed by atoms with E-state index in [1.807, 2.05) is 24.3 Å². The molecular weight excluding hydrogens is 322 g/mol. The van der Waals surface area contributed by atoms with Gasteiger partial charge in [-0.15, -0.1) is 0 Å². The molecule has 0 spiro atoms. The number of carbonyl (C=O) groups is 1. The summed E-state index contributed by atoms with van der Waals surface area (Å²) in [5.74, 6) is -0.377. The third kappa shape index (κ3) is 4.51. The van der Waals surface area contributed by atoms with E-state index in [0.29, 0.717) is 5.56 Å². The molecule has 26 heavy (non-hydrogen) atoms. The molecular formula is C22H29N3O. The lowest BCUT2D eigenvalue weighted by atomic mass is 9.95. The van der Waals surface area contributed by atoms with Crippen molar-refractivity contribution in [2.75, 3.05) is 32.7 Å². The first-order chi connectivity index (χ1) is 12.7. The van der Waals surface area contributed by atoms with Crippen molar-refractivity contribution in [3.8, 4) is 0 Å². The number of hydrogen-bond acceptors (Lipinski definition) is 3. The van der Waals surface area contributed by atoms with Crippen LogP contribution in [0.5, 0.6) is 0 Å². The highest BCUT2D eigenvalue weighted by Gasteiger charge is 2.26. The quantitative estimate of drug-likeness (QED) is 0.833. The lowest BCUT2D eigenvalue weighted by molar-refractivity contribution is 0.1000. The van der Waals surface area contributed by atoms with Crippen molar-refractivity contribution in [2.45, 2.75) is 25.8 Å². The summed E-state index contributed by atoms with van der Waals surface area (Å²) in [5.41, 5.74) is 8.46. The SMILES string of the molecule is CCCCN1CCN(C(c2ccccc2)c2ccc(C(N)=O)cc2)CC1. The number of primary amides is 1. The Morgan fingerprint density at radius 2 is 1.58 bits per heavy atom. The Morgan fingerprint density at radius 1 is 0.962 bits per heavy atom. The van der Waals surface area contributed by atoms with Gasteiger partial charge in [-0.2, -0.15) is 0 Å². The minimum absolute atomic E-state index is 0.214. The summed E-state index contributed by atoms with van der Waals surface area (Å²) in [6, 6.07) is 18.6. The molecule has 1 heterocycles. The molecule has 0 aromatic heterocycles. The van der Waals surface area contributed by atoms with E-state index in [2.05, 4.69) is 47.1 Å². The number of unbranched alkanes of at least 4 members (excludes halogenated alkanes) is 1. The topological polar surface area (TPSA) is 49.6 Å². The summed E-state index contributed by atoms with van der Waals surface area (Å²) in [6.07, 6.45) is 2.52. The zero-order valence-corrected chi connectivity index (χ0v) is 15.6. The highest BCUT2D eigenvalue weighted by molar-refractivity contribution is 5.92. The number of nitrogens with zero attached hydrogens (tertiary/aromatic N) is 2. The predicted octanol–water partition coefficient (Wildman–Crippen LogP) is 3.29. The largest absolute Gasteiger partial charge is 0.366 e. The van der Waals surface area contributed by atoms with Crippen molar-refractivity contribution < 1.29 is 4.79 Å². The minimum Gasteiger partial charge on any atom is -0.366 e. The maximum Gasteiger partial charge on any atom is 0.248 e. The van der Waals surface area contributed by atoms with Gasteiger partial charge in [-0.25, -0.2) is 0 Å². The summed E-state index contributed by atoms with van der Waals surface area (Å²) in [6.45, 7) is 7.79. The molecule has 0 radical (unpaired) electrons. The second-order valence-corrected chi connectivity index (χ2v) is 7.03. The van der Waals surface area contributed by atoms with Gasteiger partial charge < -0.3 is 10.6 Å². The van der Waals surface area contributed by atoms with Gasteiger partial charge in [0.2, 0.25) is 5.91 Å². The summed E-state index contributed by atoms with van der Waals surface area (Å²) >= 11 is 0. The molecule has 0 aliphatic carbocycles. The standard InChI is InChI=1S/C22H29N3O/c1-2-3-13-24-14-16-25(17-15-24)21(18-7-5-4-6-8-18)19-9-11-20(12-10-19)22(23)26/h4-12,21H,2-3,13-17H2,1H3,(H2,23,26). The van der Waals surface area contributed by atoms with Crippen LogP contribution in [0.2, 0.25) is 0 Å². The van der Waals surface area contributed by atoms with Gasteiger partial charge in [0.25, 0.3) is 0 Å². The fourth-order valence-corrected chi connectivity index (χ4v) is 3.71. The van der Waals surface area contributed by atoms with E-state index >= 15 is 0 Å². The van der Waals surface area contributed by atoms with Gasteiger partial charge in [0.15, 0.2) is 0 Å². The first-order valence-electron chi connectivity index (χ1n) is 9.60. The van der Waals surface area contributed by atoms with Crippen LogP contribution in [0.15, 0.2) is 54.6 Å². The molecule has 3 rings (SSSR count). The molecule has 2 aromatic carbocycles. The van der Waals surface area contributed by atoms with E-state index in [1.165, 1.54) is 30.5 Å². The number of rotatable bonds is 7. The number of nitrogens with two attached hydrogens (primary N) is 1. The van der Waals surface area contributed by atoms with Gasteiger partial charge in [0.05, 0.1) is 6.04 Å². The second-order valence-electron chi connectivity index (χ2n) is 7.03. The lowest BCUT2D eigenvalue weighted by Crippen LogP contribution is -2.48. The monoisotopic (exact) mass is 351 g/mol. The fourth-order valence-electron chi connectivity index (χ4n) is 3.71. The van der Waals surface area contributed by atoms with Crippen LogP contribution in [0, 0.1) is 0 Å². The Bertz CT molecular complexity index is 691. The zero-order valence-electron chi connectivity index (χ0n) is 15.6. The number of hydrogen-bond donors (Lipinski definition) is 1. The first kappa shape index (κ1) is 18.6. The van der Waals surface area contributed by atoms with Crippen LogP contribution in [0.1, 0.15) is 47.3 Å². The average Bonchev–Trinajstić information content (AvgIpc) is 2.69. The molecule has 1 unspecified atom stereocenters. The minimum atomic E-state index is -0.377. The van der Waals surface area contributed by atoms with Crippen LogP contribution in [0.3, 0.4) is 0 Å². The van der Waals surface area contributed by atoms with Crippen LogP contribution >= 0.6 is 0 Å². The van der Waals surface area contributed by atoms with E-state index in [9.17, 15) is 4.79 Å². The zero-order chi connectivity index (χ0) is 18.4. The van der Waals surface area contributed by atoms with E-state index < -0.39 is 0 Å². The van der Waals surface area contributed by atoms with Gasteiger partial charge in [-0.3, -0.25) is 9.69 Å². The van der Waals surface area contributed by atoms with E-state index in [-0.39, 0.29) is 11.9 Å². The maximum atomic E-state index is 11.4. The molecule has 2 aromatic rings. The second kappa shape index (κ2) is 8.97. The Kier molecular flexibility index (Phi) is 6.42. The molecule has 0 bridgehead atoms. The molecule has 1 aliphatic rings. The number of benzene rings is 2. The normalized spacial score (nSPS) is 17.1. The maximum absolute atomic E-state index is 11.4. The molecule has 1 atom stereocenters. The van der Waals surface area contributed by atoms with Crippen LogP contribution in [-0.2, 0) is 0 Å². The molecule has 1 aliphatic heterocycles. The smallest absolute Gasteiger partial charge is 0.248 e. The summed E-state index contributed by atoms with van der Waals surface area (Å²) in [5, 5.41) is 0. The summed E-state index contributed by atoms with van der Waals surface area (Å²) in [7, 11) is 0. The first-order valence-corrected chi connectivity index (χ1v) is 9.60. The van der Waals surface area contributed by atoms with Gasteiger partial charge in [-0.05, 0) is 36.2 Å². The molecule has 1 saturated heterocycles. The summed E-state index contributed by atoms with van der Waals surface area (Å²) < 4.78 is 0. The third-order valence-electron chi connectivity index (χ3n) is 5.23. The van der Waals surface area contributed by atoms with Crippen molar-refractivity contribution in [1.29, 1.82) is 0 Å². The van der Waals surface area contributed by atoms with Crippen molar-refractivity contribution in [3.63, 3.8) is 0 Å². The Labute approximate surface area is 156 Å². The molecule has 2 N–H and O–H groups in total. The lowest BCUT2D eigenvalue weighted by Gasteiger charge is -2.39. The Balaban J connectivity index is 1.80. The molecule has 4 nitrogen and oxygen atoms in total. The van der Waals surface area contributed by atoms with E-state index in [1.54, 1.807) is 0 Å². The Hall–Kier alpha value is -2.17. The van der Waals surface area contributed by atoms with Gasteiger partial charge in [0.1, 0.15) is 0 Å². The highest BCUT2D eigenvalue weighted by atomic mass is 16.1. The van der Waals surface area contributed by atoms with Gasteiger partial charge in [0, 0.05) is 31.7 Å². The van der Waals surface area contributed by atoms with Crippen LogP contribution < -0.4 is 5.73 Å². The molecule has 1 fully saturated rings. The highest BCUT2D eigenvalue weighted by Crippen LogP contribution is 2.29. The Morgan fingerprint density at radius 3 is 2.15 bits per heavy atom. The number of amides is 1. The van der Waals surface area contributed by atoms with Crippen LogP contribution in [0.4, 0.5) is 0 Å². The number of piperazine rings is 1. The predicted molar refractivity (Wildman–Crippen MR) is 106 cm³/mol. The van der Waals surface area contributed by atoms with Gasteiger partial charge >= 0.3 is 0 Å². The molecule has 1 amide bonds. The van der Waals surface area contributed by atoms with Crippen LogP contribution in [-0.4, -0.2) is 48.4 Å². The number of carbonyl (C=O) groups excluding carboxylic acids is 1. The fraction of sp³-hybridized carbons (Fsp3) is 0.409. The summed E-state index contributed by atoms with van der Waals surface area (Å²) in [4.78, 5) is 16.5.